The van der Waals surface area contributed by atoms with Crippen LogP contribution < -0.4 is 14.9 Å². The van der Waals surface area contributed by atoms with E-state index in [0.29, 0.717) is 19.2 Å². The van der Waals surface area contributed by atoms with Crippen LogP contribution >= 0.6 is 0 Å². The SMILES string of the molecule is CCCOc1ccc(/C=N/Nc2nc3ccccc3[nH]2)c(OCCC)c1. The molecular weight excluding hydrogens is 328 g/mol. The minimum atomic E-state index is 0.598. The lowest BCUT2D eigenvalue weighted by molar-refractivity contribution is 0.301. The molecule has 0 saturated heterocycles. The van der Waals surface area contributed by atoms with Crippen molar-refractivity contribution in [1.29, 1.82) is 0 Å². The largest absolute Gasteiger partial charge is 0.493 e. The first-order chi connectivity index (χ1) is 12.8. The molecule has 26 heavy (non-hydrogen) atoms. The molecule has 0 bridgehead atoms. The Kier molecular flexibility index (Phi) is 6.09. The van der Waals surface area contributed by atoms with Crippen LogP contribution in [0.3, 0.4) is 0 Å². The molecule has 0 atom stereocenters. The summed E-state index contributed by atoms with van der Waals surface area (Å²) in [5.41, 5.74) is 5.68. The van der Waals surface area contributed by atoms with Crippen LogP contribution in [0.5, 0.6) is 11.5 Å². The third kappa shape index (κ3) is 4.53. The summed E-state index contributed by atoms with van der Waals surface area (Å²) in [6.07, 6.45) is 3.63. The number of hydrogen-bond donors (Lipinski definition) is 2. The van der Waals surface area contributed by atoms with Crippen LogP contribution in [0, 0.1) is 0 Å². The van der Waals surface area contributed by atoms with Gasteiger partial charge in [0.25, 0.3) is 0 Å². The Labute approximate surface area is 153 Å². The van der Waals surface area contributed by atoms with Crippen molar-refractivity contribution in [2.24, 2.45) is 5.10 Å². The Morgan fingerprint density at radius 1 is 1.08 bits per heavy atom. The number of rotatable bonds is 9. The highest BCUT2D eigenvalue weighted by molar-refractivity contribution is 5.84. The van der Waals surface area contributed by atoms with E-state index in [2.05, 4.69) is 34.3 Å². The monoisotopic (exact) mass is 352 g/mol. The molecule has 0 amide bonds. The lowest BCUT2D eigenvalue weighted by atomic mass is 10.2. The average Bonchev–Trinajstić information content (AvgIpc) is 3.08. The Morgan fingerprint density at radius 3 is 2.69 bits per heavy atom. The maximum absolute atomic E-state index is 5.84. The van der Waals surface area contributed by atoms with Crippen molar-refractivity contribution in [2.45, 2.75) is 26.7 Å². The van der Waals surface area contributed by atoms with Crippen LogP contribution in [0.15, 0.2) is 47.6 Å². The topological polar surface area (TPSA) is 71.5 Å². The molecule has 2 aromatic carbocycles. The lowest BCUT2D eigenvalue weighted by Crippen LogP contribution is -2.01. The zero-order valence-electron chi connectivity index (χ0n) is 15.2. The normalized spacial score (nSPS) is 11.2. The molecule has 2 N–H and O–H groups in total. The smallest absolute Gasteiger partial charge is 0.222 e. The first-order valence-corrected chi connectivity index (χ1v) is 8.93. The Bertz CT molecular complexity index is 840. The van der Waals surface area contributed by atoms with E-state index in [1.165, 1.54) is 0 Å². The summed E-state index contributed by atoms with van der Waals surface area (Å²) in [6, 6.07) is 13.6. The van der Waals surface area contributed by atoms with Gasteiger partial charge in [0.1, 0.15) is 11.5 Å². The zero-order valence-corrected chi connectivity index (χ0v) is 15.2. The Morgan fingerprint density at radius 2 is 1.88 bits per heavy atom. The van der Waals surface area contributed by atoms with Crippen LogP contribution in [0.25, 0.3) is 11.0 Å². The van der Waals surface area contributed by atoms with Gasteiger partial charge >= 0.3 is 0 Å². The number of hydrazone groups is 1. The van der Waals surface area contributed by atoms with Crippen molar-refractivity contribution in [1.82, 2.24) is 9.97 Å². The minimum Gasteiger partial charge on any atom is -0.493 e. The van der Waals surface area contributed by atoms with E-state index in [1.54, 1.807) is 6.21 Å². The number of nitrogens with one attached hydrogen (secondary N) is 2. The lowest BCUT2D eigenvalue weighted by Gasteiger charge is -2.11. The molecule has 0 aliphatic heterocycles. The number of anilines is 1. The van der Waals surface area contributed by atoms with Gasteiger partial charge in [-0.1, -0.05) is 26.0 Å². The highest BCUT2D eigenvalue weighted by Crippen LogP contribution is 2.24. The molecule has 0 radical (unpaired) electrons. The summed E-state index contributed by atoms with van der Waals surface area (Å²) in [5, 5.41) is 4.28. The molecule has 3 aromatic rings. The van der Waals surface area contributed by atoms with Gasteiger partial charge in [-0.15, -0.1) is 0 Å². The van der Waals surface area contributed by atoms with Crippen LogP contribution in [-0.2, 0) is 0 Å². The molecule has 0 fully saturated rings. The van der Waals surface area contributed by atoms with Crippen molar-refractivity contribution < 1.29 is 9.47 Å². The predicted molar refractivity (Wildman–Crippen MR) is 105 cm³/mol. The summed E-state index contributed by atoms with van der Waals surface area (Å²) in [7, 11) is 0. The summed E-state index contributed by atoms with van der Waals surface area (Å²) in [4.78, 5) is 7.61. The second-order valence-electron chi connectivity index (χ2n) is 5.87. The summed E-state index contributed by atoms with van der Waals surface area (Å²) >= 11 is 0. The third-order valence-electron chi connectivity index (χ3n) is 3.68. The Hall–Kier alpha value is -3.02. The number of hydrogen-bond acceptors (Lipinski definition) is 5. The Balaban J connectivity index is 1.72. The number of fused-ring (bicyclic) bond motifs is 1. The van der Waals surface area contributed by atoms with Crippen molar-refractivity contribution in [2.75, 3.05) is 18.6 Å². The predicted octanol–water partition coefficient (Wildman–Crippen LogP) is 4.59. The van der Waals surface area contributed by atoms with Crippen molar-refractivity contribution in [3.8, 4) is 11.5 Å². The molecule has 1 heterocycles. The number of benzene rings is 2. The van der Waals surface area contributed by atoms with Gasteiger partial charge in [-0.25, -0.2) is 10.4 Å². The number of para-hydroxylation sites is 2. The molecule has 0 unspecified atom stereocenters. The summed E-state index contributed by atoms with van der Waals surface area (Å²) in [5.74, 6) is 2.16. The van der Waals surface area contributed by atoms with Gasteiger partial charge in [-0.05, 0) is 37.1 Å². The number of nitrogens with zero attached hydrogens (tertiary/aromatic N) is 2. The van der Waals surface area contributed by atoms with Gasteiger partial charge in [-0.3, -0.25) is 0 Å². The van der Waals surface area contributed by atoms with E-state index in [9.17, 15) is 0 Å². The maximum atomic E-state index is 5.84. The molecule has 0 aliphatic carbocycles. The molecule has 1 aromatic heterocycles. The van der Waals surface area contributed by atoms with E-state index in [0.717, 1.165) is 40.9 Å². The van der Waals surface area contributed by atoms with Crippen LogP contribution in [-0.4, -0.2) is 29.4 Å². The van der Waals surface area contributed by atoms with E-state index in [-0.39, 0.29) is 0 Å². The second kappa shape index (κ2) is 8.89. The standard InChI is InChI=1S/C20H24N4O2/c1-3-11-25-16-10-9-15(19(13-16)26-12-4-2)14-21-24-20-22-17-7-5-6-8-18(17)23-20/h5-10,13-14H,3-4,11-12H2,1-2H3,(H2,22,23,24)/b21-14+. The van der Waals surface area contributed by atoms with Crippen molar-refractivity contribution >= 4 is 23.2 Å². The van der Waals surface area contributed by atoms with Crippen LogP contribution in [0.4, 0.5) is 5.95 Å². The third-order valence-corrected chi connectivity index (χ3v) is 3.68. The first kappa shape index (κ1) is 17.8. The molecule has 6 heteroatoms. The molecular formula is C20H24N4O2. The fourth-order valence-corrected chi connectivity index (χ4v) is 2.44. The van der Waals surface area contributed by atoms with Crippen LogP contribution in [0.2, 0.25) is 0 Å². The van der Waals surface area contributed by atoms with E-state index < -0.39 is 0 Å². The van der Waals surface area contributed by atoms with Gasteiger partial charge < -0.3 is 14.5 Å². The number of aromatic amines is 1. The quantitative estimate of drug-likeness (QED) is 0.436. The number of aromatic nitrogens is 2. The maximum Gasteiger partial charge on any atom is 0.222 e. The van der Waals surface area contributed by atoms with Crippen molar-refractivity contribution in [3.05, 3.63) is 48.0 Å². The molecule has 0 aliphatic rings. The fourth-order valence-electron chi connectivity index (χ4n) is 2.44. The fraction of sp³-hybridized carbons (Fsp3) is 0.300. The number of imidazole rings is 1. The first-order valence-electron chi connectivity index (χ1n) is 8.93. The summed E-state index contributed by atoms with van der Waals surface area (Å²) < 4.78 is 11.5. The molecule has 6 nitrogen and oxygen atoms in total. The van der Waals surface area contributed by atoms with Gasteiger partial charge in [-0.2, -0.15) is 5.10 Å². The van der Waals surface area contributed by atoms with Crippen molar-refractivity contribution in [3.63, 3.8) is 0 Å². The summed E-state index contributed by atoms with van der Waals surface area (Å²) in [6.45, 7) is 5.50. The van der Waals surface area contributed by atoms with Gasteiger partial charge in [0.05, 0.1) is 30.5 Å². The highest BCUT2D eigenvalue weighted by atomic mass is 16.5. The highest BCUT2D eigenvalue weighted by Gasteiger charge is 2.05. The zero-order chi connectivity index (χ0) is 18.2. The van der Waals surface area contributed by atoms with Crippen LogP contribution in [0.1, 0.15) is 32.3 Å². The number of ether oxygens (including phenoxy) is 2. The average molecular weight is 352 g/mol. The van der Waals surface area contributed by atoms with E-state index >= 15 is 0 Å². The minimum absolute atomic E-state index is 0.598. The van der Waals surface area contributed by atoms with Gasteiger partial charge in [0.2, 0.25) is 5.95 Å². The molecule has 0 spiro atoms. The van der Waals surface area contributed by atoms with Gasteiger partial charge in [0, 0.05) is 11.6 Å². The number of H-pyrrole nitrogens is 1. The van der Waals surface area contributed by atoms with E-state index in [4.69, 9.17) is 9.47 Å². The molecule has 3 rings (SSSR count). The van der Waals surface area contributed by atoms with E-state index in [1.807, 2.05) is 42.5 Å². The molecule has 136 valence electrons. The molecule has 0 saturated carbocycles. The second-order valence-corrected chi connectivity index (χ2v) is 5.87. The van der Waals surface area contributed by atoms with Gasteiger partial charge in [0.15, 0.2) is 0 Å².